The molecule has 0 bridgehead atoms. The van der Waals surface area contributed by atoms with Crippen LogP contribution < -0.4 is 9.64 Å². The Morgan fingerprint density at radius 2 is 1.80 bits per heavy atom. The van der Waals surface area contributed by atoms with Crippen LogP contribution in [0.15, 0.2) is 24.4 Å². The van der Waals surface area contributed by atoms with Gasteiger partial charge in [0, 0.05) is 18.8 Å². The van der Waals surface area contributed by atoms with Crippen molar-refractivity contribution in [2.45, 2.75) is 46.1 Å². The number of allylic oxidation sites excluding steroid dienone is 1. The van der Waals surface area contributed by atoms with Gasteiger partial charge in [0.2, 0.25) is 0 Å². The SMILES string of the molecule is C=C(C)N1CCOc2cc3c(cc21)CCN(C(=O)OC(C)(C)C)CC3. The van der Waals surface area contributed by atoms with Gasteiger partial charge in [0.1, 0.15) is 18.0 Å². The molecular formula is C20H28N2O3. The first-order chi connectivity index (χ1) is 11.7. The number of amides is 1. The van der Waals surface area contributed by atoms with Gasteiger partial charge in [0.05, 0.1) is 12.2 Å². The van der Waals surface area contributed by atoms with Gasteiger partial charge in [-0.2, -0.15) is 0 Å². The van der Waals surface area contributed by atoms with E-state index in [0.717, 1.165) is 36.5 Å². The molecule has 0 aliphatic carbocycles. The molecule has 0 aromatic heterocycles. The van der Waals surface area contributed by atoms with E-state index in [-0.39, 0.29) is 6.09 Å². The first-order valence-electron chi connectivity index (χ1n) is 8.94. The average molecular weight is 344 g/mol. The first kappa shape index (κ1) is 17.6. The van der Waals surface area contributed by atoms with E-state index >= 15 is 0 Å². The van der Waals surface area contributed by atoms with Crippen molar-refractivity contribution in [2.75, 3.05) is 31.1 Å². The van der Waals surface area contributed by atoms with Crippen LogP contribution in [0.3, 0.4) is 0 Å². The second-order valence-corrected chi connectivity index (χ2v) is 7.79. The molecule has 0 fully saturated rings. The largest absolute Gasteiger partial charge is 0.490 e. The zero-order valence-electron chi connectivity index (χ0n) is 15.7. The van der Waals surface area contributed by atoms with Crippen LogP contribution in [-0.2, 0) is 17.6 Å². The fourth-order valence-electron chi connectivity index (χ4n) is 3.34. The summed E-state index contributed by atoms with van der Waals surface area (Å²) in [5.74, 6) is 0.915. The Hall–Kier alpha value is -2.17. The molecule has 5 heteroatoms. The molecule has 25 heavy (non-hydrogen) atoms. The topological polar surface area (TPSA) is 42.0 Å². The third-order valence-corrected chi connectivity index (χ3v) is 4.56. The molecule has 5 nitrogen and oxygen atoms in total. The van der Waals surface area contributed by atoms with E-state index in [9.17, 15) is 4.79 Å². The normalized spacial score (nSPS) is 17.1. The fraction of sp³-hybridized carbons (Fsp3) is 0.550. The molecule has 0 unspecified atom stereocenters. The van der Waals surface area contributed by atoms with Crippen molar-refractivity contribution in [1.82, 2.24) is 4.90 Å². The fourth-order valence-corrected chi connectivity index (χ4v) is 3.34. The average Bonchev–Trinajstić information content (AvgIpc) is 2.72. The van der Waals surface area contributed by atoms with Crippen LogP contribution in [-0.4, -0.2) is 42.8 Å². The van der Waals surface area contributed by atoms with Gasteiger partial charge >= 0.3 is 6.09 Å². The number of carbonyl (C=O) groups is 1. The Morgan fingerprint density at radius 3 is 2.40 bits per heavy atom. The van der Waals surface area contributed by atoms with E-state index in [2.05, 4.69) is 23.6 Å². The molecule has 2 heterocycles. The predicted molar refractivity (Wildman–Crippen MR) is 99.3 cm³/mol. The summed E-state index contributed by atoms with van der Waals surface area (Å²) in [6, 6.07) is 4.34. The second kappa shape index (κ2) is 6.62. The molecule has 1 aromatic rings. The minimum atomic E-state index is -0.467. The number of hydrogen-bond acceptors (Lipinski definition) is 4. The second-order valence-electron chi connectivity index (χ2n) is 7.79. The van der Waals surface area contributed by atoms with E-state index in [1.165, 1.54) is 11.1 Å². The van der Waals surface area contributed by atoms with Crippen molar-refractivity contribution in [2.24, 2.45) is 0 Å². The molecule has 2 aliphatic heterocycles. The van der Waals surface area contributed by atoms with E-state index in [1.54, 1.807) is 0 Å². The summed E-state index contributed by atoms with van der Waals surface area (Å²) in [6.07, 6.45) is 1.41. The van der Waals surface area contributed by atoms with Crippen molar-refractivity contribution >= 4 is 11.8 Å². The predicted octanol–water partition coefficient (Wildman–Crippen LogP) is 3.75. The Morgan fingerprint density at radius 1 is 1.16 bits per heavy atom. The zero-order chi connectivity index (χ0) is 18.2. The third-order valence-electron chi connectivity index (χ3n) is 4.56. The molecular weight excluding hydrogens is 316 g/mol. The molecule has 0 spiro atoms. The van der Waals surface area contributed by atoms with Crippen LogP contribution in [0.1, 0.15) is 38.8 Å². The maximum absolute atomic E-state index is 12.4. The smallest absolute Gasteiger partial charge is 0.410 e. The number of ether oxygens (including phenoxy) is 2. The molecule has 0 saturated carbocycles. The molecule has 0 radical (unpaired) electrons. The zero-order valence-corrected chi connectivity index (χ0v) is 15.7. The minimum absolute atomic E-state index is 0.232. The van der Waals surface area contributed by atoms with Crippen LogP contribution in [0, 0.1) is 0 Å². The number of benzene rings is 1. The van der Waals surface area contributed by atoms with E-state index < -0.39 is 5.60 Å². The van der Waals surface area contributed by atoms with E-state index in [4.69, 9.17) is 9.47 Å². The lowest BCUT2D eigenvalue weighted by Gasteiger charge is -2.32. The number of anilines is 1. The van der Waals surface area contributed by atoms with Gasteiger partial charge in [-0.3, -0.25) is 0 Å². The Labute approximate surface area is 150 Å². The molecule has 0 atom stereocenters. The maximum Gasteiger partial charge on any atom is 0.410 e. The van der Waals surface area contributed by atoms with Crippen LogP contribution in [0.2, 0.25) is 0 Å². The summed E-state index contributed by atoms with van der Waals surface area (Å²) in [5, 5.41) is 0. The quantitative estimate of drug-likeness (QED) is 0.778. The summed E-state index contributed by atoms with van der Waals surface area (Å²) in [6.45, 7) is 14.6. The van der Waals surface area contributed by atoms with Gasteiger partial charge in [0.15, 0.2) is 0 Å². The maximum atomic E-state index is 12.4. The van der Waals surface area contributed by atoms with Crippen LogP contribution in [0.4, 0.5) is 10.5 Å². The van der Waals surface area contributed by atoms with Crippen molar-refractivity contribution in [3.05, 3.63) is 35.5 Å². The summed E-state index contributed by atoms with van der Waals surface area (Å²) in [7, 11) is 0. The standard InChI is InChI=1S/C20H28N2O3/c1-14(2)22-10-11-24-18-13-16-7-9-21(19(23)25-20(3,4)5)8-6-15(16)12-17(18)22/h12-13H,1,6-11H2,2-5H3. The summed E-state index contributed by atoms with van der Waals surface area (Å²) in [5.41, 5.74) is 4.18. The van der Waals surface area contributed by atoms with E-state index in [1.807, 2.05) is 32.6 Å². The van der Waals surface area contributed by atoms with Crippen LogP contribution in [0.25, 0.3) is 0 Å². The first-order valence-corrected chi connectivity index (χ1v) is 8.94. The number of fused-ring (bicyclic) bond motifs is 2. The van der Waals surface area contributed by atoms with Crippen molar-refractivity contribution in [3.8, 4) is 5.75 Å². The highest BCUT2D eigenvalue weighted by Gasteiger charge is 2.26. The summed E-state index contributed by atoms with van der Waals surface area (Å²) in [4.78, 5) is 16.4. The highest BCUT2D eigenvalue weighted by atomic mass is 16.6. The summed E-state index contributed by atoms with van der Waals surface area (Å²) < 4.78 is 11.4. The number of carbonyl (C=O) groups excluding carboxylic acids is 1. The Kier molecular flexibility index (Phi) is 4.67. The van der Waals surface area contributed by atoms with E-state index in [0.29, 0.717) is 19.7 Å². The molecule has 0 saturated heterocycles. The van der Waals surface area contributed by atoms with Gasteiger partial charge in [-0.05, 0) is 63.8 Å². The monoisotopic (exact) mass is 344 g/mol. The molecule has 1 aromatic carbocycles. The van der Waals surface area contributed by atoms with Crippen LogP contribution in [0.5, 0.6) is 5.75 Å². The lowest BCUT2D eigenvalue weighted by Crippen LogP contribution is -2.38. The molecule has 0 N–H and O–H groups in total. The number of rotatable bonds is 1. The molecule has 2 aliphatic rings. The van der Waals surface area contributed by atoms with Gasteiger partial charge in [0.25, 0.3) is 0 Å². The van der Waals surface area contributed by atoms with Crippen molar-refractivity contribution in [3.63, 3.8) is 0 Å². The minimum Gasteiger partial charge on any atom is -0.490 e. The van der Waals surface area contributed by atoms with Gasteiger partial charge in [-0.15, -0.1) is 0 Å². The van der Waals surface area contributed by atoms with Crippen LogP contribution >= 0.6 is 0 Å². The van der Waals surface area contributed by atoms with Gasteiger partial charge in [-0.25, -0.2) is 4.79 Å². The van der Waals surface area contributed by atoms with Crippen molar-refractivity contribution in [1.29, 1.82) is 0 Å². The lowest BCUT2D eigenvalue weighted by molar-refractivity contribution is 0.0258. The molecule has 3 rings (SSSR count). The number of nitrogens with zero attached hydrogens (tertiary/aromatic N) is 2. The molecule has 1 amide bonds. The summed E-state index contributed by atoms with van der Waals surface area (Å²) >= 11 is 0. The third kappa shape index (κ3) is 3.91. The van der Waals surface area contributed by atoms with Gasteiger partial charge in [-0.1, -0.05) is 6.58 Å². The Bertz CT molecular complexity index is 691. The van der Waals surface area contributed by atoms with Crippen molar-refractivity contribution < 1.29 is 14.3 Å². The van der Waals surface area contributed by atoms with Gasteiger partial charge < -0.3 is 19.3 Å². The highest BCUT2D eigenvalue weighted by molar-refractivity contribution is 5.69. The highest BCUT2D eigenvalue weighted by Crippen LogP contribution is 2.37. The lowest BCUT2D eigenvalue weighted by atomic mass is 10.0. The molecule has 136 valence electrons. The Balaban J connectivity index is 1.80. The number of hydrogen-bond donors (Lipinski definition) is 0.